The molecule has 0 aliphatic carbocycles. The van der Waals surface area contributed by atoms with Gasteiger partial charge in [0, 0.05) is 11.1 Å². The Hall–Kier alpha value is -2.53. The van der Waals surface area contributed by atoms with Crippen LogP contribution in [0.15, 0.2) is 12.1 Å². The fourth-order valence-corrected chi connectivity index (χ4v) is 1.45. The first-order valence-electron chi connectivity index (χ1n) is 4.80. The predicted octanol–water partition coefficient (Wildman–Crippen LogP) is 1.09. The monoisotopic (exact) mass is 271 g/mol. The summed E-state index contributed by atoms with van der Waals surface area (Å²) < 4.78 is 28.3. The van der Waals surface area contributed by atoms with Gasteiger partial charge in [0.1, 0.15) is 23.7 Å². The number of nitriles is 1. The molecule has 0 saturated carbocycles. The second kappa shape index (κ2) is 5.88. The highest BCUT2D eigenvalue weighted by molar-refractivity contribution is 5.85. The molecule has 8 heteroatoms. The first-order valence-corrected chi connectivity index (χ1v) is 4.80. The minimum atomic E-state index is -3.23. The second-order valence-electron chi connectivity index (χ2n) is 3.29. The zero-order chi connectivity index (χ0) is 14.6. The number of carboxylic acids is 1. The molecular weight excluding hydrogens is 264 g/mol. The number of carbonyl (C=O) groups is 2. The molecule has 0 fully saturated rings. The third-order valence-corrected chi connectivity index (χ3v) is 2.20. The van der Waals surface area contributed by atoms with Crippen molar-refractivity contribution in [3.05, 3.63) is 28.8 Å². The van der Waals surface area contributed by atoms with Crippen molar-refractivity contribution in [1.82, 2.24) is 0 Å². The Labute approximate surface area is 105 Å². The number of hydrogen-bond acceptors (Lipinski definition) is 5. The third-order valence-electron chi connectivity index (χ3n) is 2.20. The second-order valence-corrected chi connectivity index (χ2v) is 3.29. The fraction of sp³-hybridized carbons (Fsp3) is 0.182. The normalized spacial score (nSPS) is 11.7. The van der Waals surface area contributed by atoms with Crippen LogP contribution in [0, 0.1) is 11.3 Å². The SMILES string of the molecule is N#Cc1c(OC(F)F)ccc(C=O)c1C(O)C(=O)O. The Kier molecular flexibility index (Phi) is 4.50. The lowest BCUT2D eigenvalue weighted by molar-refractivity contribution is -0.147. The average molecular weight is 271 g/mol. The Balaban J connectivity index is 3.51. The van der Waals surface area contributed by atoms with Crippen molar-refractivity contribution in [3.8, 4) is 11.8 Å². The molecule has 1 unspecified atom stereocenters. The molecule has 2 N–H and O–H groups in total. The number of benzene rings is 1. The summed E-state index contributed by atoms with van der Waals surface area (Å²) in [6, 6.07) is 3.34. The van der Waals surface area contributed by atoms with Gasteiger partial charge in [0.15, 0.2) is 6.10 Å². The van der Waals surface area contributed by atoms with Gasteiger partial charge in [0.25, 0.3) is 0 Å². The van der Waals surface area contributed by atoms with Gasteiger partial charge in [0.2, 0.25) is 0 Å². The molecule has 6 nitrogen and oxygen atoms in total. The molecular formula is C11H7F2NO5. The molecule has 100 valence electrons. The number of nitrogens with zero attached hydrogens (tertiary/aromatic N) is 1. The maximum Gasteiger partial charge on any atom is 0.387 e. The lowest BCUT2D eigenvalue weighted by atomic mass is 9.96. The van der Waals surface area contributed by atoms with E-state index in [0.29, 0.717) is 0 Å². The minimum Gasteiger partial charge on any atom is -0.479 e. The van der Waals surface area contributed by atoms with Crippen LogP contribution in [0.5, 0.6) is 5.75 Å². The van der Waals surface area contributed by atoms with E-state index >= 15 is 0 Å². The van der Waals surface area contributed by atoms with Crippen molar-refractivity contribution < 1.29 is 33.3 Å². The van der Waals surface area contributed by atoms with E-state index in [2.05, 4.69) is 4.74 Å². The van der Waals surface area contributed by atoms with E-state index in [-0.39, 0.29) is 11.8 Å². The van der Waals surface area contributed by atoms with Crippen molar-refractivity contribution in [1.29, 1.82) is 5.26 Å². The molecule has 1 rings (SSSR count). The van der Waals surface area contributed by atoms with Gasteiger partial charge in [-0.2, -0.15) is 14.0 Å². The van der Waals surface area contributed by atoms with E-state index < -0.39 is 35.6 Å². The maximum absolute atomic E-state index is 12.1. The smallest absolute Gasteiger partial charge is 0.387 e. The summed E-state index contributed by atoms with van der Waals surface area (Å²) >= 11 is 0. The van der Waals surface area contributed by atoms with Gasteiger partial charge in [-0.1, -0.05) is 0 Å². The Morgan fingerprint density at radius 2 is 2.11 bits per heavy atom. The van der Waals surface area contributed by atoms with Gasteiger partial charge in [-0.05, 0) is 12.1 Å². The van der Waals surface area contributed by atoms with E-state index in [1.165, 1.54) is 6.07 Å². The lowest BCUT2D eigenvalue weighted by Gasteiger charge is -2.14. The number of aldehydes is 1. The number of aliphatic carboxylic acids is 1. The molecule has 1 aromatic carbocycles. The third kappa shape index (κ3) is 3.02. The molecule has 0 amide bonds. The van der Waals surface area contributed by atoms with Crippen LogP contribution in [-0.4, -0.2) is 29.1 Å². The standard InChI is InChI=1S/C11H7F2NO5/c12-11(13)19-7-2-1-5(4-15)8(6(7)3-14)9(16)10(17)18/h1-2,4,9,11,16H,(H,17,18). The zero-order valence-corrected chi connectivity index (χ0v) is 9.21. The molecule has 0 bridgehead atoms. The average Bonchev–Trinajstić information content (AvgIpc) is 2.36. The number of halogens is 2. The topological polar surface area (TPSA) is 108 Å². The molecule has 1 atom stereocenters. The predicted molar refractivity (Wildman–Crippen MR) is 55.8 cm³/mol. The van der Waals surface area contributed by atoms with Gasteiger partial charge in [-0.25, -0.2) is 4.79 Å². The fourth-order valence-electron chi connectivity index (χ4n) is 1.45. The van der Waals surface area contributed by atoms with Gasteiger partial charge in [-0.3, -0.25) is 4.79 Å². The number of carbonyl (C=O) groups excluding carboxylic acids is 1. The van der Waals surface area contributed by atoms with E-state index in [1.807, 2.05) is 0 Å². The van der Waals surface area contributed by atoms with Crippen LogP contribution in [0.1, 0.15) is 27.6 Å². The Morgan fingerprint density at radius 3 is 2.53 bits per heavy atom. The largest absolute Gasteiger partial charge is 0.479 e. The summed E-state index contributed by atoms with van der Waals surface area (Å²) in [6.45, 7) is -3.23. The van der Waals surface area contributed by atoms with Crippen molar-refractivity contribution in [2.75, 3.05) is 0 Å². The molecule has 0 aliphatic rings. The highest BCUT2D eigenvalue weighted by Crippen LogP contribution is 2.30. The highest BCUT2D eigenvalue weighted by Gasteiger charge is 2.26. The van der Waals surface area contributed by atoms with Crippen LogP contribution in [0.2, 0.25) is 0 Å². The summed E-state index contributed by atoms with van der Waals surface area (Å²) in [5, 5.41) is 27.0. The number of aliphatic hydroxyl groups is 1. The molecule has 0 saturated heterocycles. The molecule has 1 aromatic rings. The first-order chi connectivity index (χ1) is 8.92. The quantitative estimate of drug-likeness (QED) is 0.776. The minimum absolute atomic E-state index is 0.203. The van der Waals surface area contributed by atoms with E-state index in [4.69, 9.17) is 10.4 Å². The lowest BCUT2D eigenvalue weighted by Crippen LogP contribution is -2.16. The van der Waals surface area contributed by atoms with Gasteiger partial charge in [0.05, 0.1) is 0 Å². The first kappa shape index (κ1) is 14.5. The van der Waals surface area contributed by atoms with Gasteiger partial charge in [-0.15, -0.1) is 0 Å². The number of ether oxygens (including phenoxy) is 1. The maximum atomic E-state index is 12.1. The molecule has 0 heterocycles. The Morgan fingerprint density at radius 1 is 1.47 bits per heavy atom. The number of carboxylic acid groups (broad SMARTS) is 1. The van der Waals surface area contributed by atoms with Crippen molar-refractivity contribution in [2.45, 2.75) is 12.7 Å². The van der Waals surface area contributed by atoms with Crippen LogP contribution in [0.25, 0.3) is 0 Å². The summed E-state index contributed by atoms with van der Waals surface area (Å²) in [6.07, 6.45) is -2.00. The summed E-state index contributed by atoms with van der Waals surface area (Å²) in [5.74, 6) is -2.34. The number of alkyl halides is 2. The van der Waals surface area contributed by atoms with Crippen molar-refractivity contribution in [2.24, 2.45) is 0 Å². The summed E-state index contributed by atoms with van der Waals surface area (Å²) in [7, 11) is 0. The molecule has 19 heavy (non-hydrogen) atoms. The number of aliphatic hydroxyl groups excluding tert-OH is 1. The van der Waals surface area contributed by atoms with Gasteiger partial charge >= 0.3 is 12.6 Å². The molecule has 0 aromatic heterocycles. The molecule has 0 spiro atoms. The zero-order valence-electron chi connectivity index (χ0n) is 9.21. The summed E-state index contributed by atoms with van der Waals surface area (Å²) in [5.41, 5.74) is -1.50. The molecule has 0 radical (unpaired) electrons. The van der Waals surface area contributed by atoms with Gasteiger partial charge < -0.3 is 14.9 Å². The Bertz CT molecular complexity index is 553. The molecule has 0 aliphatic heterocycles. The highest BCUT2D eigenvalue weighted by atomic mass is 19.3. The van der Waals surface area contributed by atoms with Crippen molar-refractivity contribution in [3.63, 3.8) is 0 Å². The van der Waals surface area contributed by atoms with E-state index in [9.17, 15) is 23.5 Å². The number of hydrogen-bond donors (Lipinski definition) is 2. The van der Waals surface area contributed by atoms with Crippen LogP contribution >= 0.6 is 0 Å². The van der Waals surface area contributed by atoms with E-state index in [1.54, 1.807) is 0 Å². The summed E-state index contributed by atoms with van der Waals surface area (Å²) in [4.78, 5) is 21.5. The van der Waals surface area contributed by atoms with Crippen LogP contribution in [0.4, 0.5) is 8.78 Å². The van der Waals surface area contributed by atoms with Crippen molar-refractivity contribution >= 4 is 12.3 Å². The van der Waals surface area contributed by atoms with E-state index in [0.717, 1.165) is 12.1 Å². The number of rotatable bonds is 5. The van der Waals surface area contributed by atoms with Crippen LogP contribution < -0.4 is 4.74 Å². The van der Waals surface area contributed by atoms with Crippen LogP contribution in [0.3, 0.4) is 0 Å². The van der Waals surface area contributed by atoms with Crippen LogP contribution in [-0.2, 0) is 4.79 Å².